The van der Waals surface area contributed by atoms with Crippen molar-refractivity contribution >= 4 is 23.4 Å². The highest BCUT2D eigenvalue weighted by Gasteiger charge is 2.18. The summed E-state index contributed by atoms with van der Waals surface area (Å²) in [5.74, 6) is -1.81. The Hall–Kier alpha value is -2.41. The fourth-order valence-electron chi connectivity index (χ4n) is 1.71. The molecule has 0 amide bonds. The first-order valence-corrected chi connectivity index (χ1v) is 6.39. The summed E-state index contributed by atoms with van der Waals surface area (Å²) in [6, 6.07) is 3.60. The molecule has 0 aliphatic carbocycles. The Kier molecular flexibility index (Phi) is 4.46. The molecule has 0 atom stereocenters. The number of rotatable bonds is 2. The molecule has 2 rings (SSSR count). The summed E-state index contributed by atoms with van der Waals surface area (Å²) in [5.41, 5.74) is 5.59. The van der Waals surface area contributed by atoms with E-state index in [1.165, 1.54) is 19.1 Å². The third kappa shape index (κ3) is 2.94. The van der Waals surface area contributed by atoms with Gasteiger partial charge < -0.3 is 15.2 Å². The highest BCUT2D eigenvalue weighted by molar-refractivity contribution is 6.34. The zero-order valence-electron chi connectivity index (χ0n) is 11.6. The van der Waals surface area contributed by atoms with E-state index in [1.54, 1.807) is 0 Å². The first kappa shape index (κ1) is 16.0. The molecule has 1 aromatic carbocycles. The summed E-state index contributed by atoms with van der Waals surface area (Å²) < 4.78 is 36.6. The fraction of sp³-hybridized carbons (Fsp3) is 0.143. The molecule has 8 heteroatoms. The Balaban J connectivity index is 2.57. The monoisotopic (exact) mass is 328 g/mol. The summed E-state index contributed by atoms with van der Waals surface area (Å²) in [4.78, 5) is 15.1. The molecule has 0 radical (unpaired) electrons. The number of aromatic nitrogens is 1. The van der Waals surface area contributed by atoms with Crippen LogP contribution in [0.25, 0.3) is 11.3 Å². The van der Waals surface area contributed by atoms with Crippen molar-refractivity contribution in [3.05, 3.63) is 40.4 Å². The molecular formula is C14H11ClF2N2O3. The second kappa shape index (κ2) is 6.15. The van der Waals surface area contributed by atoms with Gasteiger partial charge in [0, 0.05) is 11.1 Å². The molecule has 0 fully saturated rings. The number of carbonyl (C=O) groups is 1. The van der Waals surface area contributed by atoms with Crippen LogP contribution < -0.4 is 10.5 Å². The van der Waals surface area contributed by atoms with Gasteiger partial charge in [0.25, 0.3) is 0 Å². The van der Waals surface area contributed by atoms with Crippen LogP contribution in [0.4, 0.5) is 19.3 Å². The van der Waals surface area contributed by atoms with E-state index in [-0.39, 0.29) is 33.4 Å². The molecule has 2 aromatic rings. The minimum atomic E-state index is -1.05. The maximum absolute atomic E-state index is 14.2. The normalized spacial score (nSPS) is 10.4. The van der Waals surface area contributed by atoms with E-state index in [0.29, 0.717) is 0 Å². The Morgan fingerprint density at radius 2 is 2.05 bits per heavy atom. The summed E-state index contributed by atoms with van der Waals surface area (Å²) in [6.45, 7) is 1.29. The van der Waals surface area contributed by atoms with Gasteiger partial charge in [0.2, 0.25) is 5.88 Å². The van der Waals surface area contributed by atoms with Gasteiger partial charge in [-0.3, -0.25) is 0 Å². The molecule has 0 aliphatic heterocycles. The molecule has 0 unspecified atom stereocenters. The predicted molar refractivity (Wildman–Crippen MR) is 76.8 cm³/mol. The van der Waals surface area contributed by atoms with Crippen LogP contribution in [0.1, 0.15) is 5.56 Å². The van der Waals surface area contributed by atoms with Crippen molar-refractivity contribution < 1.29 is 23.0 Å². The van der Waals surface area contributed by atoms with Crippen LogP contribution in [0, 0.1) is 18.6 Å². The van der Waals surface area contributed by atoms with Crippen molar-refractivity contribution in [2.45, 2.75) is 6.92 Å². The topological polar surface area (TPSA) is 74.4 Å². The predicted octanol–water partition coefficient (Wildman–Crippen LogP) is 3.72. The van der Waals surface area contributed by atoms with Crippen molar-refractivity contribution in [3.63, 3.8) is 0 Å². The van der Waals surface area contributed by atoms with Crippen molar-refractivity contribution in [1.82, 2.24) is 4.98 Å². The molecule has 1 heterocycles. The number of ether oxygens (including phenoxy) is 2. The molecule has 22 heavy (non-hydrogen) atoms. The third-order valence-corrected chi connectivity index (χ3v) is 3.28. The number of hydrogen-bond donors (Lipinski definition) is 1. The highest BCUT2D eigenvalue weighted by atomic mass is 35.5. The van der Waals surface area contributed by atoms with Gasteiger partial charge in [0.1, 0.15) is 16.7 Å². The van der Waals surface area contributed by atoms with Gasteiger partial charge in [-0.05, 0) is 25.1 Å². The van der Waals surface area contributed by atoms with Crippen LogP contribution in [0.15, 0.2) is 18.2 Å². The molecule has 0 bridgehead atoms. The smallest absolute Gasteiger partial charge is 0.437 e. The third-order valence-electron chi connectivity index (χ3n) is 2.90. The zero-order valence-corrected chi connectivity index (χ0v) is 12.4. The average Bonchev–Trinajstić information content (AvgIpc) is 2.49. The molecule has 2 N–H and O–H groups in total. The van der Waals surface area contributed by atoms with Gasteiger partial charge in [-0.25, -0.2) is 18.6 Å². The van der Waals surface area contributed by atoms with Gasteiger partial charge in [0.05, 0.1) is 18.5 Å². The number of anilines is 1. The first-order valence-electron chi connectivity index (χ1n) is 6.02. The number of methoxy groups -OCH3 is 1. The maximum atomic E-state index is 14.2. The summed E-state index contributed by atoms with van der Waals surface area (Å²) >= 11 is 5.88. The maximum Gasteiger partial charge on any atom is 0.514 e. The Morgan fingerprint density at radius 3 is 2.68 bits per heavy atom. The molecule has 116 valence electrons. The standard InChI is InChI=1S/C14H11ClF2N2O3/c1-6-8(16)4-3-7(12(6)17)10-5-9(18)11(15)13(19-10)22-14(20)21-2/h3-5H,1-2H3,(H2,18,19). The average molecular weight is 329 g/mol. The van der Waals surface area contributed by atoms with Gasteiger partial charge in [-0.1, -0.05) is 11.6 Å². The zero-order chi connectivity index (χ0) is 16.4. The molecule has 0 saturated carbocycles. The van der Waals surface area contributed by atoms with E-state index in [0.717, 1.165) is 13.2 Å². The van der Waals surface area contributed by atoms with E-state index < -0.39 is 17.8 Å². The number of nitrogen functional groups attached to an aromatic ring is 1. The van der Waals surface area contributed by atoms with E-state index >= 15 is 0 Å². The van der Waals surface area contributed by atoms with Gasteiger partial charge in [-0.2, -0.15) is 0 Å². The van der Waals surface area contributed by atoms with Crippen molar-refractivity contribution in [1.29, 1.82) is 0 Å². The van der Waals surface area contributed by atoms with Gasteiger partial charge in [0.15, 0.2) is 0 Å². The Labute approximate surface area is 129 Å². The lowest BCUT2D eigenvalue weighted by atomic mass is 10.1. The molecule has 0 spiro atoms. The van der Waals surface area contributed by atoms with Crippen LogP contribution in [0.5, 0.6) is 5.88 Å². The van der Waals surface area contributed by atoms with E-state index in [9.17, 15) is 13.6 Å². The molecule has 0 aliphatic rings. The number of nitrogens with zero attached hydrogens (tertiary/aromatic N) is 1. The highest BCUT2D eigenvalue weighted by Crippen LogP contribution is 2.34. The summed E-state index contributed by atoms with van der Waals surface area (Å²) in [5, 5.41) is -0.117. The van der Waals surface area contributed by atoms with Crippen molar-refractivity contribution in [2.75, 3.05) is 12.8 Å². The molecule has 5 nitrogen and oxygen atoms in total. The van der Waals surface area contributed by atoms with Gasteiger partial charge >= 0.3 is 6.16 Å². The second-order valence-corrected chi connectivity index (χ2v) is 4.68. The van der Waals surface area contributed by atoms with Gasteiger partial charge in [-0.15, -0.1) is 0 Å². The second-order valence-electron chi connectivity index (χ2n) is 4.31. The lowest BCUT2D eigenvalue weighted by molar-refractivity contribution is 0.120. The number of nitrogens with two attached hydrogens (primary N) is 1. The van der Waals surface area contributed by atoms with Crippen molar-refractivity contribution in [3.8, 4) is 17.1 Å². The minimum absolute atomic E-state index is 0.00279. The number of pyridine rings is 1. The van der Waals surface area contributed by atoms with Crippen molar-refractivity contribution in [2.24, 2.45) is 0 Å². The number of benzene rings is 1. The largest absolute Gasteiger partial charge is 0.514 e. The lowest BCUT2D eigenvalue weighted by Gasteiger charge is -2.11. The number of hydrogen-bond acceptors (Lipinski definition) is 5. The Bertz CT molecular complexity index is 753. The Morgan fingerprint density at radius 1 is 1.36 bits per heavy atom. The molecular weight excluding hydrogens is 318 g/mol. The molecule has 0 saturated heterocycles. The van der Waals surface area contributed by atoms with E-state index in [2.05, 4.69) is 9.72 Å². The number of carbonyl (C=O) groups excluding carboxylic acids is 1. The van der Waals surface area contributed by atoms with Crippen LogP contribution in [0.3, 0.4) is 0 Å². The fourth-order valence-corrected chi connectivity index (χ4v) is 1.85. The van der Waals surface area contributed by atoms with Crippen LogP contribution in [-0.4, -0.2) is 18.2 Å². The SMILES string of the molecule is COC(=O)Oc1nc(-c2ccc(F)c(C)c2F)cc(N)c1Cl. The molecule has 1 aromatic heterocycles. The van der Waals surface area contributed by atoms with Crippen LogP contribution >= 0.6 is 11.6 Å². The quantitative estimate of drug-likeness (QED) is 0.850. The summed E-state index contributed by atoms with van der Waals surface area (Å²) in [6.07, 6.45) is -1.05. The van der Waals surface area contributed by atoms with Crippen LogP contribution in [-0.2, 0) is 4.74 Å². The van der Waals surface area contributed by atoms with E-state index in [1.807, 2.05) is 0 Å². The lowest BCUT2D eigenvalue weighted by Crippen LogP contribution is -2.10. The van der Waals surface area contributed by atoms with Crippen LogP contribution in [0.2, 0.25) is 5.02 Å². The minimum Gasteiger partial charge on any atom is -0.437 e. The van der Waals surface area contributed by atoms with E-state index in [4.69, 9.17) is 22.1 Å². The summed E-state index contributed by atoms with van der Waals surface area (Å²) in [7, 11) is 1.10. The number of halogens is 3. The first-order chi connectivity index (χ1) is 10.3.